The number of piperidine rings is 1. The van der Waals surface area contributed by atoms with Gasteiger partial charge >= 0.3 is 6.18 Å². The van der Waals surface area contributed by atoms with Gasteiger partial charge in [-0.05, 0) is 32.2 Å². The summed E-state index contributed by atoms with van der Waals surface area (Å²) in [7, 11) is 0. The molecule has 0 spiro atoms. The van der Waals surface area contributed by atoms with E-state index in [1.807, 2.05) is 18.7 Å². The summed E-state index contributed by atoms with van der Waals surface area (Å²) in [6, 6.07) is 0. The minimum atomic E-state index is -4.54. The predicted molar refractivity (Wildman–Crippen MR) is 60.7 cm³/mol. The fourth-order valence-electron chi connectivity index (χ4n) is 2.43. The quantitative estimate of drug-likeness (QED) is 0.836. The van der Waals surface area contributed by atoms with E-state index in [4.69, 9.17) is 0 Å². The van der Waals surface area contributed by atoms with Crippen molar-refractivity contribution in [3.05, 3.63) is 0 Å². The second kappa shape index (κ2) is 5.14. The molecular formula is C12H22F3NO. The van der Waals surface area contributed by atoms with Crippen molar-refractivity contribution in [1.82, 2.24) is 4.90 Å². The summed E-state index contributed by atoms with van der Waals surface area (Å²) in [5.74, 6) is -0.278. The Kier molecular flexibility index (Phi) is 4.47. The SMILES string of the molecule is CC(C)CN1CCCC(C(C)(O)C(F)(F)F)C1. The van der Waals surface area contributed by atoms with Gasteiger partial charge in [-0.15, -0.1) is 0 Å². The summed E-state index contributed by atoms with van der Waals surface area (Å²) >= 11 is 0. The lowest BCUT2D eigenvalue weighted by Gasteiger charge is -2.41. The van der Waals surface area contributed by atoms with Gasteiger partial charge in [0.25, 0.3) is 0 Å². The van der Waals surface area contributed by atoms with Crippen molar-refractivity contribution >= 4 is 0 Å². The second-order valence-corrected chi connectivity index (χ2v) is 5.64. The Balaban J connectivity index is 2.66. The van der Waals surface area contributed by atoms with Gasteiger partial charge in [0.1, 0.15) is 0 Å². The number of hydrogen-bond acceptors (Lipinski definition) is 2. The highest BCUT2D eigenvalue weighted by Crippen LogP contribution is 2.39. The van der Waals surface area contributed by atoms with E-state index in [1.54, 1.807) is 0 Å². The molecule has 0 radical (unpaired) electrons. The average molecular weight is 253 g/mol. The zero-order chi connectivity index (χ0) is 13.3. The predicted octanol–water partition coefficient (Wildman–Crippen LogP) is 2.67. The zero-order valence-electron chi connectivity index (χ0n) is 10.7. The third-order valence-corrected chi connectivity index (χ3v) is 3.50. The highest BCUT2D eigenvalue weighted by molar-refractivity contribution is 4.92. The molecule has 1 fully saturated rings. The van der Waals surface area contributed by atoms with E-state index in [0.717, 1.165) is 26.4 Å². The lowest BCUT2D eigenvalue weighted by atomic mass is 9.82. The minimum absolute atomic E-state index is 0.338. The summed E-state index contributed by atoms with van der Waals surface area (Å²) in [4.78, 5) is 2.03. The Hall–Kier alpha value is -0.290. The number of likely N-dealkylation sites (tertiary alicyclic amines) is 1. The standard InChI is InChI=1S/C12H22F3NO/c1-9(2)7-16-6-4-5-10(8-16)11(3,17)12(13,14)15/h9-10,17H,4-8H2,1-3H3. The third kappa shape index (κ3) is 3.58. The molecule has 0 aromatic rings. The fraction of sp³-hybridized carbons (Fsp3) is 1.00. The maximum atomic E-state index is 12.7. The summed E-state index contributed by atoms with van der Waals surface area (Å²) in [5, 5.41) is 9.68. The minimum Gasteiger partial charge on any atom is -0.380 e. The molecule has 0 aromatic carbocycles. The van der Waals surface area contributed by atoms with Crippen LogP contribution in [0.25, 0.3) is 0 Å². The molecular weight excluding hydrogens is 231 g/mol. The van der Waals surface area contributed by atoms with Crippen LogP contribution >= 0.6 is 0 Å². The maximum Gasteiger partial charge on any atom is 0.417 e. The van der Waals surface area contributed by atoms with E-state index in [0.29, 0.717) is 18.9 Å². The second-order valence-electron chi connectivity index (χ2n) is 5.64. The van der Waals surface area contributed by atoms with Crippen molar-refractivity contribution < 1.29 is 18.3 Å². The van der Waals surface area contributed by atoms with Gasteiger partial charge in [-0.2, -0.15) is 13.2 Å². The lowest BCUT2D eigenvalue weighted by molar-refractivity contribution is -0.276. The molecule has 2 atom stereocenters. The lowest BCUT2D eigenvalue weighted by Crippen LogP contribution is -2.54. The van der Waals surface area contributed by atoms with Crippen molar-refractivity contribution in [3.8, 4) is 0 Å². The Morgan fingerprint density at radius 2 is 1.94 bits per heavy atom. The Morgan fingerprint density at radius 1 is 1.35 bits per heavy atom. The monoisotopic (exact) mass is 253 g/mol. The largest absolute Gasteiger partial charge is 0.417 e. The molecule has 2 unspecified atom stereocenters. The van der Waals surface area contributed by atoms with Crippen molar-refractivity contribution in [1.29, 1.82) is 0 Å². The average Bonchev–Trinajstić information content (AvgIpc) is 2.15. The van der Waals surface area contributed by atoms with Gasteiger partial charge in [0.15, 0.2) is 5.60 Å². The topological polar surface area (TPSA) is 23.5 Å². The fourth-order valence-corrected chi connectivity index (χ4v) is 2.43. The maximum absolute atomic E-state index is 12.7. The van der Waals surface area contributed by atoms with Crippen LogP contribution in [0.15, 0.2) is 0 Å². The molecule has 102 valence electrons. The van der Waals surface area contributed by atoms with E-state index in [-0.39, 0.29) is 0 Å². The first kappa shape index (κ1) is 14.8. The molecule has 17 heavy (non-hydrogen) atoms. The molecule has 0 aliphatic carbocycles. The summed E-state index contributed by atoms with van der Waals surface area (Å²) in [5.41, 5.74) is -2.57. The molecule has 1 heterocycles. The number of hydrogen-bond donors (Lipinski definition) is 1. The van der Waals surface area contributed by atoms with Gasteiger partial charge in [0.2, 0.25) is 0 Å². The van der Waals surface area contributed by atoms with Crippen LogP contribution in [0, 0.1) is 11.8 Å². The molecule has 2 nitrogen and oxygen atoms in total. The zero-order valence-corrected chi connectivity index (χ0v) is 10.7. The third-order valence-electron chi connectivity index (χ3n) is 3.50. The first-order valence-corrected chi connectivity index (χ1v) is 6.16. The van der Waals surface area contributed by atoms with Crippen LogP contribution < -0.4 is 0 Å². The molecule has 1 N–H and O–H groups in total. The van der Waals surface area contributed by atoms with Crippen LogP contribution in [-0.4, -0.2) is 41.4 Å². The van der Waals surface area contributed by atoms with Gasteiger partial charge in [-0.3, -0.25) is 0 Å². The van der Waals surface area contributed by atoms with E-state index in [1.165, 1.54) is 0 Å². The number of rotatable bonds is 3. The first-order chi connectivity index (χ1) is 7.64. The van der Waals surface area contributed by atoms with Gasteiger partial charge < -0.3 is 10.0 Å². The van der Waals surface area contributed by atoms with Gasteiger partial charge in [0, 0.05) is 19.0 Å². The van der Waals surface area contributed by atoms with E-state index >= 15 is 0 Å². The van der Waals surface area contributed by atoms with Crippen LogP contribution in [0.3, 0.4) is 0 Å². The summed E-state index contributed by atoms with van der Waals surface area (Å²) in [6.45, 7) is 6.96. The Labute approximate surface area is 101 Å². The molecule has 0 bridgehead atoms. The van der Waals surface area contributed by atoms with Crippen molar-refractivity contribution in [3.63, 3.8) is 0 Å². The molecule has 1 rings (SSSR count). The molecule has 1 aliphatic rings. The molecule has 5 heteroatoms. The number of aliphatic hydroxyl groups is 1. The van der Waals surface area contributed by atoms with E-state index < -0.39 is 17.7 Å². The van der Waals surface area contributed by atoms with Crippen molar-refractivity contribution in [2.75, 3.05) is 19.6 Å². The molecule has 0 aromatic heterocycles. The van der Waals surface area contributed by atoms with Crippen molar-refractivity contribution in [2.45, 2.75) is 45.4 Å². The smallest absolute Gasteiger partial charge is 0.380 e. The molecule has 1 saturated heterocycles. The normalized spacial score (nSPS) is 27.2. The number of halogens is 3. The van der Waals surface area contributed by atoms with Crippen LogP contribution in [0.1, 0.15) is 33.6 Å². The van der Waals surface area contributed by atoms with Crippen LogP contribution in [-0.2, 0) is 0 Å². The highest BCUT2D eigenvalue weighted by Gasteiger charge is 2.55. The first-order valence-electron chi connectivity index (χ1n) is 6.16. The molecule has 0 amide bonds. The van der Waals surface area contributed by atoms with Crippen LogP contribution in [0.4, 0.5) is 13.2 Å². The van der Waals surface area contributed by atoms with E-state index in [2.05, 4.69) is 0 Å². The van der Waals surface area contributed by atoms with E-state index in [9.17, 15) is 18.3 Å². The number of nitrogens with zero attached hydrogens (tertiary/aromatic N) is 1. The highest BCUT2D eigenvalue weighted by atomic mass is 19.4. The summed E-state index contributed by atoms with van der Waals surface area (Å²) < 4.78 is 38.2. The van der Waals surface area contributed by atoms with Crippen LogP contribution in [0.5, 0.6) is 0 Å². The van der Waals surface area contributed by atoms with Crippen LogP contribution in [0.2, 0.25) is 0 Å². The Bertz CT molecular complexity index is 251. The van der Waals surface area contributed by atoms with Gasteiger partial charge in [0.05, 0.1) is 0 Å². The summed E-state index contributed by atoms with van der Waals surface area (Å²) in [6.07, 6.45) is -3.37. The Morgan fingerprint density at radius 3 is 2.41 bits per heavy atom. The number of alkyl halides is 3. The molecule has 1 aliphatic heterocycles. The van der Waals surface area contributed by atoms with Gasteiger partial charge in [-0.1, -0.05) is 13.8 Å². The molecule has 0 saturated carbocycles. The van der Waals surface area contributed by atoms with Gasteiger partial charge in [-0.25, -0.2) is 0 Å². The van der Waals surface area contributed by atoms with Crippen molar-refractivity contribution in [2.24, 2.45) is 11.8 Å².